The Morgan fingerprint density at radius 3 is 2.24 bits per heavy atom. The van der Waals surface area contributed by atoms with Crippen molar-refractivity contribution >= 4 is 19.1 Å². The van der Waals surface area contributed by atoms with E-state index >= 15 is 0 Å². The van der Waals surface area contributed by atoms with Gasteiger partial charge in [0.15, 0.2) is 0 Å². The van der Waals surface area contributed by atoms with Gasteiger partial charge in [-0.2, -0.15) is 0 Å². The van der Waals surface area contributed by atoms with Gasteiger partial charge in [0, 0.05) is 12.6 Å². The summed E-state index contributed by atoms with van der Waals surface area (Å²) in [5.74, 6) is -4.59. The summed E-state index contributed by atoms with van der Waals surface area (Å²) in [6.45, 7) is 1.35. The molecule has 21 heavy (non-hydrogen) atoms. The number of rotatable bonds is 8. The fraction of sp³-hybridized carbons (Fsp3) is 0.429. The van der Waals surface area contributed by atoms with Crippen LogP contribution in [0.5, 0.6) is 0 Å². The summed E-state index contributed by atoms with van der Waals surface area (Å²) in [7, 11) is -3.19. The lowest BCUT2D eigenvalue weighted by Gasteiger charge is -2.23. The first-order valence-electron chi connectivity index (χ1n) is 6.48. The number of carbonyl (C=O) groups is 2. The lowest BCUT2D eigenvalue weighted by molar-refractivity contribution is -0.142. The molecule has 0 bridgehead atoms. The van der Waals surface area contributed by atoms with Gasteiger partial charge in [-0.3, -0.25) is 9.59 Å². The third-order valence-electron chi connectivity index (χ3n) is 3.25. The molecule has 0 heterocycles. The highest BCUT2D eigenvalue weighted by molar-refractivity contribution is 7.63. The van der Waals surface area contributed by atoms with E-state index < -0.39 is 30.8 Å². The Bertz CT molecular complexity index is 542. The number of aliphatic hydroxyl groups excluding tert-OH is 1. The molecule has 6 nitrogen and oxygen atoms in total. The van der Waals surface area contributed by atoms with E-state index in [1.165, 1.54) is 6.66 Å². The van der Waals surface area contributed by atoms with Gasteiger partial charge in [0.25, 0.3) is 0 Å². The van der Waals surface area contributed by atoms with Crippen molar-refractivity contribution in [1.29, 1.82) is 0 Å². The molecule has 1 rings (SSSR count). The molecule has 0 saturated heterocycles. The zero-order chi connectivity index (χ0) is 16.0. The van der Waals surface area contributed by atoms with Crippen LogP contribution in [-0.2, 0) is 14.2 Å². The average molecular weight is 314 g/mol. The molecular weight excluding hydrogens is 295 g/mol. The van der Waals surface area contributed by atoms with Gasteiger partial charge in [-0.25, -0.2) is 0 Å². The molecule has 3 atom stereocenters. The molecule has 1 aromatic rings. The smallest absolute Gasteiger partial charge is 0.306 e. The predicted octanol–water partition coefficient (Wildman–Crippen LogP) is 2.24. The molecule has 116 valence electrons. The van der Waals surface area contributed by atoms with Crippen molar-refractivity contribution in [1.82, 2.24) is 0 Å². The van der Waals surface area contributed by atoms with Gasteiger partial charge >= 0.3 is 11.9 Å². The van der Waals surface area contributed by atoms with Gasteiger partial charge < -0.3 is 19.9 Å². The van der Waals surface area contributed by atoms with Crippen molar-refractivity contribution in [3.63, 3.8) is 0 Å². The van der Waals surface area contributed by atoms with E-state index in [9.17, 15) is 19.3 Å². The van der Waals surface area contributed by atoms with Crippen LogP contribution in [0.25, 0.3) is 0 Å². The summed E-state index contributed by atoms with van der Waals surface area (Å²) in [5.41, 5.74) is 0.464. The largest absolute Gasteiger partial charge is 0.481 e. The summed E-state index contributed by atoms with van der Waals surface area (Å²) in [5, 5.41) is 27.9. The lowest BCUT2D eigenvalue weighted by atomic mass is 10.1. The van der Waals surface area contributed by atoms with E-state index in [1.54, 1.807) is 30.3 Å². The van der Waals surface area contributed by atoms with Crippen molar-refractivity contribution in [2.24, 2.45) is 5.92 Å². The standard InChI is InChI=1S/C14H19O6P/c1-21(20,14(19)10-5-3-2-4-6-10)9-11(13(17)18)7-8-12(15)16/h2-6,11,14,19H,7-9H2,1H3,(H,15,16)(H,17,18). The van der Waals surface area contributed by atoms with Crippen LogP contribution < -0.4 is 0 Å². The number of carboxylic acids is 2. The molecule has 0 radical (unpaired) electrons. The first kappa shape index (κ1) is 17.4. The maximum absolute atomic E-state index is 12.6. The molecule has 7 heteroatoms. The Labute approximate surface area is 122 Å². The summed E-state index contributed by atoms with van der Waals surface area (Å²) in [4.78, 5) is 21.7. The van der Waals surface area contributed by atoms with Crippen LogP contribution >= 0.6 is 7.14 Å². The Balaban J connectivity index is 2.83. The fourth-order valence-corrected chi connectivity index (χ4v) is 4.28. The molecule has 0 fully saturated rings. The normalized spacial score (nSPS) is 16.7. The van der Waals surface area contributed by atoms with Gasteiger partial charge in [0.2, 0.25) is 0 Å². The SMILES string of the molecule is CP(=O)(CC(CCC(=O)O)C(=O)O)C(O)c1ccccc1. The van der Waals surface area contributed by atoms with E-state index in [2.05, 4.69) is 0 Å². The summed E-state index contributed by atoms with van der Waals surface area (Å²) < 4.78 is 12.6. The average Bonchev–Trinajstić information content (AvgIpc) is 2.43. The number of hydrogen-bond acceptors (Lipinski definition) is 4. The minimum atomic E-state index is -3.19. The van der Waals surface area contributed by atoms with E-state index in [4.69, 9.17) is 10.2 Å². The Kier molecular flexibility index (Phi) is 6.12. The van der Waals surface area contributed by atoms with Crippen LogP contribution in [0.3, 0.4) is 0 Å². The molecule has 0 spiro atoms. The van der Waals surface area contributed by atoms with E-state index in [-0.39, 0.29) is 19.0 Å². The molecule has 0 aliphatic heterocycles. The minimum absolute atomic E-state index is 0.107. The van der Waals surface area contributed by atoms with Gasteiger partial charge in [-0.05, 0) is 18.6 Å². The fourth-order valence-electron chi connectivity index (χ4n) is 2.07. The third-order valence-corrected chi connectivity index (χ3v) is 5.75. The van der Waals surface area contributed by atoms with Crippen LogP contribution in [0.1, 0.15) is 24.3 Å². The maximum atomic E-state index is 12.6. The van der Waals surface area contributed by atoms with Crippen LogP contribution in [0.2, 0.25) is 0 Å². The van der Waals surface area contributed by atoms with E-state index in [0.717, 1.165) is 0 Å². The molecule has 0 aromatic heterocycles. The van der Waals surface area contributed by atoms with Crippen molar-refractivity contribution in [3.8, 4) is 0 Å². The highest BCUT2D eigenvalue weighted by Crippen LogP contribution is 2.55. The second kappa shape index (κ2) is 7.38. The van der Waals surface area contributed by atoms with Crippen molar-refractivity contribution in [3.05, 3.63) is 35.9 Å². The molecule has 3 unspecified atom stereocenters. The second-order valence-corrected chi connectivity index (χ2v) is 8.31. The number of aliphatic hydroxyl groups is 1. The summed E-state index contributed by atoms with van der Waals surface area (Å²) in [6, 6.07) is 8.38. The molecule has 0 aliphatic rings. The third kappa shape index (κ3) is 5.33. The monoisotopic (exact) mass is 314 g/mol. The lowest BCUT2D eigenvalue weighted by Crippen LogP contribution is -2.20. The number of aliphatic carboxylic acids is 2. The zero-order valence-electron chi connectivity index (χ0n) is 11.7. The predicted molar refractivity (Wildman–Crippen MR) is 77.8 cm³/mol. The van der Waals surface area contributed by atoms with Gasteiger partial charge in [-0.15, -0.1) is 0 Å². The number of benzene rings is 1. The van der Waals surface area contributed by atoms with Crippen LogP contribution in [0.15, 0.2) is 30.3 Å². The van der Waals surface area contributed by atoms with Gasteiger partial charge in [0.05, 0.1) is 5.92 Å². The van der Waals surface area contributed by atoms with Crippen molar-refractivity contribution in [2.45, 2.75) is 18.7 Å². The molecule has 0 amide bonds. The molecule has 3 N–H and O–H groups in total. The van der Waals surface area contributed by atoms with Crippen molar-refractivity contribution < 1.29 is 29.5 Å². The maximum Gasteiger partial charge on any atom is 0.306 e. The Hall–Kier alpha value is -1.65. The minimum Gasteiger partial charge on any atom is -0.481 e. The zero-order valence-corrected chi connectivity index (χ0v) is 12.6. The first-order valence-corrected chi connectivity index (χ1v) is 8.88. The highest BCUT2D eigenvalue weighted by atomic mass is 31.2. The highest BCUT2D eigenvalue weighted by Gasteiger charge is 2.33. The van der Waals surface area contributed by atoms with Crippen LogP contribution in [0, 0.1) is 5.92 Å². The quantitative estimate of drug-likeness (QED) is 0.634. The first-order chi connectivity index (χ1) is 9.74. The second-order valence-electron chi connectivity index (χ2n) is 5.11. The molecule has 0 saturated carbocycles. The topological polar surface area (TPSA) is 112 Å². The van der Waals surface area contributed by atoms with Crippen LogP contribution in [-0.4, -0.2) is 40.1 Å². The Morgan fingerprint density at radius 2 is 1.76 bits per heavy atom. The summed E-state index contributed by atoms with van der Waals surface area (Å²) in [6.07, 6.45) is -0.645. The molecule has 0 aliphatic carbocycles. The number of carboxylic acid groups (broad SMARTS) is 2. The molecular formula is C14H19O6P. The van der Waals surface area contributed by atoms with Gasteiger partial charge in [-0.1, -0.05) is 30.3 Å². The van der Waals surface area contributed by atoms with E-state index in [0.29, 0.717) is 5.56 Å². The van der Waals surface area contributed by atoms with Crippen LogP contribution in [0.4, 0.5) is 0 Å². The Morgan fingerprint density at radius 1 is 1.19 bits per heavy atom. The van der Waals surface area contributed by atoms with E-state index in [1.807, 2.05) is 0 Å². The number of hydrogen-bond donors (Lipinski definition) is 3. The van der Waals surface area contributed by atoms with Crippen molar-refractivity contribution in [2.75, 3.05) is 12.8 Å². The molecule has 1 aromatic carbocycles. The summed E-state index contributed by atoms with van der Waals surface area (Å²) >= 11 is 0. The van der Waals surface area contributed by atoms with Gasteiger partial charge in [0.1, 0.15) is 13.0 Å².